The minimum atomic E-state index is 0. The molecule has 1 aliphatic carbocycles. The van der Waals surface area contributed by atoms with E-state index in [1.807, 2.05) is 24.3 Å². The van der Waals surface area contributed by atoms with Gasteiger partial charge in [-0.2, -0.15) is 33.7 Å². The van der Waals surface area contributed by atoms with Crippen LogP contribution in [0.1, 0.15) is 40.7 Å². The van der Waals surface area contributed by atoms with Gasteiger partial charge in [0.15, 0.2) is 0 Å². The van der Waals surface area contributed by atoms with Gasteiger partial charge in [0, 0.05) is 0 Å². The Hall–Kier alpha value is -0.596. The van der Waals surface area contributed by atoms with Crippen molar-refractivity contribution in [2.45, 2.75) is 40.0 Å². The van der Waals surface area contributed by atoms with Crippen LogP contribution in [0.4, 0.5) is 0 Å². The molecule has 1 unspecified atom stereocenters. The molecule has 0 fully saturated rings. The van der Waals surface area contributed by atoms with Gasteiger partial charge in [0.25, 0.3) is 0 Å². The molecule has 0 aliphatic heterocycles. The second kappa shape index (κ2) is 9.04. The van der Waals surface area contributed by atoms with Gasteiger partial charge in [-0.15, -0.1) is 29.4 Å². The molecule has 1 heterocycles. The number of aromatic nitrogens is 1. The maximum absolute atomic E-state index is 2.99. The van der Waals surface area contributed by atoms with Gasteiger partial charge in [0.1, 0.15) is 0 Å². The standard InChI is InChI=1S/C11H15.C8H6N.2ClH.Ti/c1-6-5-10-8(3)7(2)9(4)11(6)10;1-2-4-8-7(3-1)5-6-9-8;;;/h6H,5H2,1-4H3;1-5,9H;2*1H;/q2*-1;;;+4/p-2. The van der Waals surface area contributed by atoms with Gasteiger partial charge in [0.05, 0.1) is 0 Å². The van der Waals surface area contributed by atoms with E-state index in [-0.39, 0.29) is 46.5 Å². The average Bonchev–Trinajstić information content (AvgIpc) is 2.97. The topological polar surface area (TPSA) is 15.8 Å². The van der Waals surface area contributed by atoms with Crippen LogP contribution in [0.5, 0.6) is 0 Å². The van der Waals surface area contributed by atoms with Gasteiger partial charge in [-0.1, -0.05) is 52.2 Å². The average molecular weight is 382 g/mol. The molecular weight excluding hydrogens is 361 g/mol. The molecule has 23 heavy (non-hydrogen) atoms. The van der Waals surface area contributed by atoms with E-state index in [0.29, 0.717) is 0 Å². The van der Waals surface area contributed by atoms with Crippen LogP contribution in [0, 0.1) is 27.0 Å². The zero-order valence-corrected chi connectivity index (χ0v) is 17.0. The molecule has 2 aromatic carbocycles. The Bertz CT molecular complexity index is 708. The van der Waals surface area contributed by atoms with E-state index in [1.165, 1.54) is 17.4 Å². The Labute approximate surface area is 166 Å². The molecule has 1 atom stereocenters. The molecule has 0 radical (unpaired) electrons. The predicted octanol–water partition coefficient (Wildman–Crippen LogP) is -1.04. The second-order valence-electron chi connectivity index (χ2n) is 5.87. The van der Waals surface area contributed by atoms with Crippen molar-refractivity contribution >= 4 is 10.9 Å². The Morgan fingerprint density at radius 2 is 1.74 bits per heavy atom. The first-order chi connectivity index (χ1) is 9.59. The van der Waals surface area contributed by atoms with Gasteiger partial charge in [-0.3, -0.25) is 0 Å². The molecular formula is C19H21Cl2NTi. The third-order valence-corrected chi connectivity index (χ3v) is 4.71. The molecule has 1 aliphatic rings. The molecule has 1 N–H and O–H groups in total. The molecule has 0 amide bonds. The normalized spacial score (nSPS) is 14.2. The van der Waals surface area contributed by atoms with Crippen LogP contribution < -0.4 is 24.8 Å². The number of rotatable bonds is 0. The fourth-order valence-electron chi connectivity index (χ4n) is 3.27. The summed E-state index contributed by atoms with van der Waals surface area (Å²) in [6, 6.07) is 10.1. The summed E-state index contributed by atoms with van der Waals surface area (Å²) >= 11 is 0. The summed E-state index contributed by atoms with van der Waals surface area (Å²) < 4.78 is 0. The molecule has 0 saturated heterocycles. The largest absolute Gasteiger partial charge is 4.00 e. The van der Waals surface area contributed by atoms with Crippen LogP contribution in [-0.2, 0) is 28.1 Å². The second-order valence-corrected chi connectivity index (χ2v) is 5.87. The maximum Gasteiger partial charge on any atom is 4.00 e. The van der Waals surface area contributed by atoms with Gasteiger partial charge in [-0.05, 0) is 0 Å². The molecule has 0 spiro atoms. The number of hydrogen-bond donors (Lipinski definition) is 1. The first-order valence-electron chi connectivity index (χ1n) is 7.28. The minimum Gasteiger partial charge on any atom is -1.00 e. The summed E-state index contributed by atoms with van der Waals surface area (Å²) in [6.07, 6.45) is 4.23. The van der Waals surface area contributed by atoms with E-state index in [2.05, 4.69) is 44.9 Å². The molecule has 0 saturated carbocycles. The van der Waals surface area contributed by atoms with E-state index >= 15 is 0 Å². The number of aromatic amines is 1. The van der Waals surface area contributed by atoms with Gasteiger partial charge < -0.3 is 29.8 Å². The molecule has 4 rings (SSSR count). The molecule has 120 valence electrons. The minimum absolute atomic E-state index is 0. The number of para-hydroxylation sites is 1. The van der Waals surface area contributed by atoms with Gasteiger partial charge >= 0.3 is 21.7 Å². The van der Waals surface area contributed by atoms with Crippen LogP contribution >= 0.6 is 0 Å². The van der Waals surface area contributed by atoms with E-state index in [1.54, 1.807) is 22.3 Å². The summed E-state index contributed by atoms with van der Waals surface area (Å²) in [6.45, 7) is 9.09. The van der Waals surface area contributed by atoms with Crippen LogP contribution in [0.15, 0.2) is 30.3 Å². The maximum atomic E-state index is 2.99. The fourth-order valence-corrected chi connectivity index (χ4v) is 3.27. The summed E-state index contributed by atoms with van der Waals surface area (Å²) in [5.41, 5.74) is 9.08. The van der Waals surface area contributed by atoms with Crippen LogP contribution in [0.25, 0.3) is 10.9 Å². The van der Waals surface area contributed by atoms with E-state index < -0.39 is 0 Å². The van der Waals surface area contributed by atoms with Gasteiger partial charge in [-0.25, -0.2) is 0 Å². The number of hydrogen-bond acceptors (Lipinski definition) is 0. The van der Waals surface area contributed by atoms with Crippen LogP contribution in [0.3, 0.4) is 0 Å². The van der Waals surface area contributed by atoms with Crippen molar-refractivity contribution in [2.75, 3.05) is 0 Å². The summed E-state index contributed by atoms with van der Waals surface area (Å²) in [5, 5.41) is 1.22. The van der Waals surface area contributed by atoms with Crippen molar-refractivity contribution in [1.29, 1.82) is 0 Å². The summed E-state index contributed by atoms with van der Waals surface area (Å²) in [7, 11) is 0. The fraction of sp³-hybridized carbons (Fsp3) is 0.316. The monoisotopic (exact) mass is 381 g/mol. The molecule has 1 aromatic heterocycles. The van der Waals surface area contributed by atoms with E-state index in [9.17, 15) is 0 Å². The Morgan fingerprint density at radius 1 is 1.09 bits per heavy atom. The molecule has 1 nitrogen and oxygen atoms in total. The van der Waals surface area contributed by atoms with E-state index in [0.717, 1.165) is 11.4 Å². The first kappa shape index (κ1) is 22.4. The zero-order valence-electron chi connectivity index (χ0n) is 13.9. The number of fused-ring (bicyclic) bond motifs is 2. The van der Waals surface area contributed by atoms with Crippen molar-refractivity contribution in [3.05, 3.63) is 64.3 Å². The number of benzene rings is 1. The van der Waals surface area contributed by atoms with E-state index in [4.69, 9.17) is 0 Å². The molecule has 3 aromatic rings. The first-order valence-corrected chi connectivity index (χ1v) is 7.28. The van der Waals surface area contributed by atoms with Gasteiger partial charge in [0.2, 0.25) is 0 Å². The SMILES string of the molecule is Cc1c(C)c2[c-](c1C)C(C)C2.[Cl-].[Cl-].[Ti+4].[c-]1cc2ccccc2[nH]1. The number of halogens is 2. The number of nitrogens with one attached hydrogen (secondary N) is 1. The van der Waals surface area contributed by atoms with Crippen molar-refractivity contribution in [2.24, 2.45) is 0 Å². The Balaban J connectivity index is 0.000000377. The third-order valence-electron chi connectivity index (χ3n) is 4.71. The van der Waals surface area contributed by atoms with Crippen LogP contribution in [-0.4, -0.2) is 4.98 Å². The third kappa shape index (κ3) is 4.09. The summed E-state index contributed by atoms with van der Waals surface area (Å²) in [4.78, 5) is 2.99. The Kier molecular flexibility index (Phi) is 8.80. The molecule has 4 heteroatoms. The predicted molar refractivity (Wildman–Crippen MR) is 85.5 cm³/mol. The van der Waals surface area contributed by atoms with Crippen molar-refractivity contribution < 1.29 is 46.5 Å². The van der Waals surface area contributed by atoms with Crippen molar-refractivity contribution in [1.82, 2.24) is 4.98 Å². The molecule has 0 bridgehead atoms. The summed E-state index contributed by atoms with van der Waals surface area (Å²) in [5.74, 6) is 0.831. The smallest absolute Gasteiger partial charge is 1.00 e. The van der Waals surface area contributed by atoms with Crippen molar-refractivity contribution in [3.8, 4) is 0 Å². The quantitative estimate of drug-likeness (QED) is 0.378. The van der Waals surface area contributed by atoms with Crippen molar-refractivity contribution in [3.63, 3.8) is 0 Å². The number of H-pyrrole nitrogens is 1. The Morgan fingerprint density at radius 3 is 2.26 bits per heavy atom. The van der Waals surface area contributed by atoms with Crippen LogP contribution in [0.2, 0.25) is 0 Å². The zero-order chi connectivity index (χ0) is 14.3.